The lowest BCUT2D eigenvalue weighted by molar-refractivity contribution is -0.128. The van der Waals surface area contributed by atoms with Crippen molar-refractivity contribution < 1.29 is 19.4 Å². The summed E-state index contributed by atoms with van der Waals surface area (Å²) in [5.41, 5.74) is 0.489. The molecule has 2 rings (SSSR count). The number of hydrogen-bond acceptors (Lipinski definition) is 5. The van der Waals surface area contributed by atoms with E-state index in [2.05, 4.69) is 11.9 Å². The molecule has 0 atom stereocenters. The van der Waals surface area contributed by atoms with Crippen molar-refractivity contribution >= 4 is 35.2 Å². The molecule has 114 valence electrons. The number of methoxy groups -OCH3 is 1. The van der Waals surface area contributed by atoms with E-state index in [0.717, 1.165) is 0 Å². The molecule has 1 aliphatic heterocycles. The Morgan fingerprint density at radius 2 is 2.18 bits per heavy atom. The molecule has 0 unspecified atom stereocenters. The standard InChI is InChI=1S/C15H14N2O4S/c1-3-6-17-14(20)10(13(19)16-15(17)22)7-9-4-5-11(18)12(8-9)21-2/h3-5,7-8,18H,1,6H2,2H3,(H,16,19,22)/b10-7+. The number of benzene rings is 1. The number of nitrogens with one attached hydrogen (secondary N) is 1. The lowest BCUT2D eigenvalue weighted by Gasteiger charge is -2.27. The maximum atomic E-state index is 12.3. The number of aromatic hydroxyl groups is 1. The minimum Gasteiger partial charge on any atom is -0.504 e. The smallest absolute Gasteiger partial charge is 0.265 e. The zero-order chi connectivity index (χ0) is 16.3. The normalized spacial score (nSPS) is 16.7. The molecule has 1 aromatic carbocycles. The molecule has 0 spiro atoms. The van der Waals surface area contributed by atoms with E-state index in [1.807, 2.05) is 0 Å². The molecule has 6 nitrogen and oxygen atoms in total. The Bertz CT molecular complexity index is 697. The van der Waals surface area contributed by atoms with Crippen LogP contribution in [0.2, 0.25) is 0 Å². The summed E-state index contributed by atoms with van der Waals surface area (Å²) in [5, 5.41) is 12.1. The zero-order valence-electron chi connectivity index (χ0n) is 11.8. The van der Waals surface area contributed by atoms with Gasteiger partial charge >= 0.3 is 0 Å². The fourth-order valence-corrected chi connectivity index (χ4v) is 2.19. The molecule has 1 fully saturated rings. The van der Waals surface area contributed by atoms with Crippen molar-refractivity contribution in [3.05, 3.63) is 42.0 Å². The lowest BCUT2D eigenvalue weighted by atomic mass is 10.1. The highest BCUT2D eigenvalue weighted by Crippen LogP contribution is 2.27. The number of hydrogen-bond donors (Lipinski definition) is 2. The summed E-state index contributed by atoms with van der Waals surface area (Å²) in [6, 6.07) is 4.51. The number of amides is 2. The Morgan fingerprint density at radius 3 is 2.82 bits per heavy atom. The highest BCUT2D eigenvalue weighted by molar-refractivity contribution is 7.80. The van der Waals surface area contributed by atoms with Gasteiger partial charge in [0.25, 0.3) is 11.8 Å². The van der Waals surface area contributed by atoms with Crippen LogP contribution >= 0.6 is 12.2 Å². The van der Waals surface area contributed by atoms with Crippen LogP contribution < -0.4 is 10.1 Å². The number of nitrogens with zero attached hydrogens (tertiary/aromatic N) is 1. The molecule has 1 heterocycles. The summed E-state index contributed by atoms with van der Waals surface area (Å²) < 4.78 is 5.00. The van der Waals surface area contributed by atoms with E-state index in [0.29, 0.717) is 5.56 Å². The molecule has 1 aromatic rings. The molecule has 1 saturated heterocycles. The summed E-state index contributed by atoms with van der Waals surface area (Å²) in [7, 11) is 1.41. The summed E-state index contributed by atoms with van der Waals surface area (Å²) >= 11 is 4.97. The Morgan fingerprint density at radius 1 is 1.45 bits per heavy atom. The Kier molecular flexibility index (Phi) is 4.57. The molecule has 2 N–H and O–H groups in total. The Balaban J connectivity index is 2.40. The van der Waals surface area contributed by atoms with Gasteiger partial charge in [0.05, 0.1) is 7.11 Å². The number of carbonyl (C=O) groups excluding carboxylic acids is 2. The van der Waals surface area contributed by atoms with Gasteiger partial charge in [-0.1, -0.05) is 12.1 Å². The van der Waals surface area contributed by atoms with Crippen molar-refractivity contribution in [2.45, 2.75) is 0 Å². The van der Waals surface area contributed by atoms with E-state index in [-0.39, 0.29) is 28.7 Å². The fraction of sp³-hybridized carbons (Fsp3) is 0.133. The summed E-state index contributed by atoms with van der Waals surface area (Å²) in [6.07, 6.45) is 2.93. The van der Waals surface area contributed by atoms with Crippen LogP contribution in [0, 0.1) is 0 Å². The third kappa shape index (κ3) is 2.99. The van der Waals surface area contributed by atoms with Crippen molar-refractivity contribution in [2.24, 2.45) is 0 Å². The van der Waals surface area contributed by atoms with Crippen molar-refractivity contribution in [3.63, 3.8) is 0 Å². The molecule has 0 saturated carbocycles. The highest BCUT2D eigenvalue weighted by Gasteiger charge is 2.32. The maximum Gasteiger partial charge on any atom is 0.265 e. The molecule has 0 aliphatic carbocycles. The first-order valence-corrected chi connectivity index (χ1v) is 6.75. The monoisotopic (exact) mass is 318 g/mol. The largest absolute Gasteiger partial charge is 0.504 e. The second kappa shape index (κ2) is 6.40. The lowest BCUT2D eigenvalue weighted by Crippen LogP contribution is -2.53. The second-order valence-corrected chi connectivity index (χ2v) is 4.84. The molecule has 22 heavy (non-hydrogen) atoms. The molecule has 1 aliphatic rings. The van der Waals surface area contributed by atoms with Gasteiger partial charge in [-0.3, -0.25) is 19.8 Å². The number of phenolic OH excluding ortho intramolecular Hbond substituents is 1. The molecule has 0 bridgehead atoms. The average molecular weight is 318 g/mol. The number of carbonyl (C=O) groups is 2. The Hall–Kier alpha value is -2.67. The van der Waals surface area contributed by atoms with E-state index >= 15 is 0 Å². The van der Waals surface area contributed by atoms with Crippen LogP contribution in [0.1, 0.15) is 5.56 Å². The summed E-state index contributed by atoms with van der Waals surface area (Å²) in [5.74, 6) is -0.849. The molecular formula is C15H14N2O4S. The quantitative estimate of drug-likeness (QED) is 0.378. The van der Waals surface area contributed by atoms with E-state index in [9.17, 15) is 14.7 Å². The van der Waals surface area contributed by atoms with Gasteiger partial charge in [0.2, 0.25) is 0 Å². The number of phenols is 1. The van der Waals surface area contributed by atoms with Crippen molar-refractivity contribution in [3.8, 4) is 11.5 Å². The number of thiocarbonyl (C=S) groups is 1. The van der Waals surface area contributed by atoms with Crippen LogP contribution in [0.15, 0.2) is 36.4 Å². The van der Waals surface area contributed by atoms with E-state index in [1.54, 1.807) is 6.07 Å². The zero-order valence-corrected chi connectivity index (χ0v) is 12.6. The van der Waals surface area contributed by atoms with Gasteiger partial charge in [0, 0.05) is 6.54 Å². The minimum absolute atomic E-state index is 0.0291. The maximum absolute atomic E-state index is 12.3. The van der Waals surface area contributed by atoms with Gasteiger partial charge in [0.15, 0.2) is 16.6 Å². The summed E-state index contributed by atoms with van der Waals surface area (Å²) in [6.45, 7) is 3.76. The van der Waals surface area contributed by atoms with Crippen LogP contribution in [0.3, 0.4) is 0 Å². The van der Waals surface area contributed by atoms with Crippen LogP contribution in [0.5, 0.6) is 11.5 Å². The first-order valence-electron chi connectivity index (χ1n) is 6.34. The predicted octanol–water partition coefficient (Wildman–Crippen LogP) is 1.21. The first-order chi connectivity index (χ1) is 10.5. The van der Waals surface area contributed by atoms with Crippen LogP contribution in [-0.2, 0) is 9.59 Å². The van der Waals surface area contributed by atoms with Gasteiger partial charge in [-0.25, -0.2) is 0 Å². The van der Waals surface area contributed by atoms with Gasteiger partial charge in [0.1, 0.15) is 5.57 Å². The summed E-state index contributed by atoms with van der Waals surface area (Å²) in [4.78, 5) is 25.6. The molecule has 2 amide bonds. The number of rotatable bonds is 4. The molecule has 7 heteroatoms. The van der Waals surface area contributed by atoms with Crippen molar-refractivity contribution in [1.82, 2.24) is 10.2 Å². The fourth-order valence-electron chi connectivity index (χ4n) is 1.94. The van der Waals surface area contributed by atoms with Gasteiger partial charge in [-0.05, 0) is 36.0 Å². The average Bonchev–Trinajstić information content (AvgIpc) is 2.49. The van der Waals surface area contributed by atoms with Crippen LogP contribution in [0.25, 0.3) is 6.08 Å². The third-order valence-corrected chi connectivity index (χ3v) is 3.33. The van der Waals surface area contributed by atoms with Gasteiger partial charge in [-0.15, -0.1) is 6.58 Å². The highest BCUT2D eigenvalue weighted by atomic mass is 32.1. The van der Waals surface area contributed by atoms with Gasteiger partial charge < -0.3 is 9.84 Å². The third-order valence-electron chi connectivity index (χ3n) is 3.01. The Labute approximate surface area is 132 Å². The second-order valence-electron chi connectivity index (χ2n) is 4.45. The molecular weight excluding hydrogens is 304 g/mol. The van der Waals surface area contributed by atoms with E-state index in [4.69, 9.17) is 17.0 Å². The predicted molar refractivity (Wildman–Crippen MR) is 85.3 cm³/mol. The van der Waals surface area contributed by atoms with Crippen LogP contribution in [-0.4, -0.2) is 40.6 Å². The number of ether oxygens (including phenoxy) is 1. The minimum atomic E-state index is -0.567. The SMILES string of the molecule is C=CCN1C(=O)/C(=C/c2ccc(O)c(OC)c2)C(=O)NC1=S. The first kappa shape index (κ1) is 15.7. The van der Waals surface area contributed by atoms with Gasteiger partial charge in [-0.2, -0.15) is 0 Å². The van der Waals surface area contributed by atoms with Crippen molar-refractivity contribution in [2.75, 3.05) is 13.7 Å². The van der Waals surface area contributed by atoms with E-state index in [1.165, 1.54) is 36.3 Å². The molecule has 0 aromatic heterocycles. The van der Waals surface area contributed by atoms with Crippen LogP contribution in [0.4, 0.5) is 0 Å². The van der Waals surface area contributed by atoms with E-state index < -0.39 is 11.8 Å². The van der Waals surface area contributed by atoms with Crippen molar-refractivity contribution in [1.29, 1.82) is 0 Å². The topological polar surface area (TPSA) is 78.9 Å². The molecule has 0 radical (unpaired) electrons.